The molecule has 0 saturated carbocycles. The predicted octanol–water partition coefficient (Wildman–Crippen LogP) is 2.97. The Hall–Kier alpha value is -2.60. The van der Waals surface area contributed by atoms with Crippen LogP contribution in [0, 0.1) is 0 Å². The highest BCUT2D eigenvalue weighted by atomic mass is 32.2. The molecule has 0 unspecified atom stereocenters. The van der Waals surface area contributed by atoms with Gasteiger partial charge in [0.1, 0.15) is 6.54 Å². The van der Waals surface area contributed by atoms with Crippen LogP contribution in [0.25, 0.3) is 0 Å². The maximum atomic E-state index is 12.3. The number of amides is 2. The first-order valence-corrected chi connectivity index (χ1v) is 8.46. The summed E-state index contributed by atoms with van der Waals surface area (Å²) >= 11 is 1.48. The van der Waals surface area contributed by atoms with E-state index >= 15 is 0 Å². The summed E-state index contributed by atoms with van der Waals surface area (Å²) in [6.45, 7) is 1.42. The fraction of sp³-hybridized carbons (Fsp3) is 0.167. The van der Waals surface area contributed by atoms with Crippen molar-refractivity contribution in [2.75, 3.05) is 22.5 Å². The van der Waals surface area contributed by atoms with Crippen LogP contribution < -0.4 is 10.2 Å². The summed E-state index contributed by atoms with van der Waals surface area (Å²) in [6.07, 6.45) is 0. The SMILES string of the molecule is CC(=O)c1cccc(NC(=O)CN2C(=O)CSc3ccccc32)c1. The van der Waals surface area contributed by atoms with E-state index in [1.54, 1.807) is 24.3 Å². The molecule has 0 spiro atoms. The number of benzene rings is 2. The van der Waals surface area contributed by atoms with Crippen molar-refractivity contribution in [1.82, 2.24) is 0 Å². The molecule has 1 aliphatic heterocycles. The van der Waals surface area contributed by atoms with Gasteiger partial charge in [0.2, 0.25) is 11.8 Å². The molecule has 3 rings (SSSR count). The van der Waals surface area contributed by atoms with Gasteiger partial charge in [-0.1, -0.05) is 24.3 Å². The second-order valence-electron chi connectivity index (χ2n) is 5.42. The van der Waals surface area contributed by atoms with Crippen LogP contribution in [0.4, 0.5) is 11.4 Å². The summed E-state index contributed by atoms with van der Waals surface area (Å²) in [4.78, 5) is 38.4. The molecule has 2 aromatic carbocycles. The van der Waals surface area contributed by atoms with Crippen LogP contribution in [0.2, 0.25) is 0 Å². The van der Waals surface area contributed by atoms with Gasteiger partial charge in [0.25, 0.3) is 0 Å². The largest absolute Gasteiger partial charge is 0.325 e. The molecule has 5 nitrogen and oxygen atoms in total. The minimum Gasteiger partial charge on any atom is -0.325 e. The number of carbonyl (C=O) groups excluding carboxylic acids is 3. The number of anilines is 2. The number of carbonyl (C=O) groups is 3. The Morgan fingerprint density at radius 3 is 2.75 bits per heavy atom. The second kappa shape index (κ2) is 6.88. The van der Waals surface area contributed by atoms with Crippen LogP contribution in [0.5, 0.6) is 0 Å². The Kier molecular flexibility index (Phi) is 4.66. The number of Topliss-reactive ketones (excluding diaryl/α,β-unsaturated/α-hetero) is 1. The third kappa shape index (κ3) is 3.49. The van der Waals surface area contributed by atoms with Gasteiger partial charge in [-0.05, 0) is 31.2 Å². The topological polar surface area (TPSA) is 66.5 Å². The first-order valence-electron chi connectivity index (χ1n) is 7.47. The van der Waals surface area contributed by atoms with Crippen LogP contribution in [0.3, 0.4) is 0 Å². The normalized spacial score (nSPS) is 13.4. The Morgan fingerprint density at radius 2 is 1.96 bits per heavy atom. The maximum Gasteiger partial charge on any atom is 0.244 e. The van der Waals surface area contributed by atoms with Crippen LogP contribution in [-0.2, 0) is 9.59 Å². The summed E-state index contributed by atoms with van der Waals surface area (Å²) in [5.41, 5.74) is 1.83. The van der Waals surface area contributed by atoms with Crippen LogP contribution >= 0.6 is 11.8 Å². The van der Waals surface area contributed by atoms with Gasteiger partial charge in [-0.3, -0.25) is 14.4 Å². The standard InChI is InChI=1S/C18H16N2O3S/c1-12(21)13-5-4-6-14(9-13)19-17(22)10-20-15-7-2-3-8-16(15)24-11-18(20)23/h2-9H,10-11H2,1H3,(H,19,22). The van der Waals surface area contributed by atoms with Gasteiger partial charge in [-0.2, -0.15) is 0 Å². The van der Waals surface area contributed by atoms with Gasteiger partial charge >= 0.3 is 0 Å². The number of hydrogen-bond donors (Lipinski definition) is 1. The van der Waals surface area contributed by atoms with Crippen molar-refractivity contribution < 1.29 is 14.4 Å². The Labute approximate surface area is 144 Å². The zero-order valence-corrected chi connectivity index (χ0v) is 13.9. The van der Waals surface area contributed by atoms with Crippen molar-refractivity contribution >= 4 is 40.7 Å². The van der Waals surface area contributed by atoms with Crippen LogP contribution in [0.15, 0.2) is 53.4 Å². The molecule has 0 saturated heterocycles. The van der Waals surface area contributed by atoms with Gasteiger partial charge in [0, 0.05) is 16.1 Å². The van der Waals surface area contributed by atoms with E-state index in [0.717, 1.165) is 10.6 Å². The van der Waals surface area contributed by atoms with Crippen LogP contribution in [0.1, 0.15) is 17.3 Å². The number of thioether (sulfide) groups is 1. The zero-order chi connectivity index (χ0) is 17.1. The maximum absolute atomic E-state index is 12.3. The number of rotatable bonds is 4. The van der Waals surface area contributed by atoms with Gasteiger partial charge in [-0.25, -0.2) is 0 Å². The lowest BCUT2D eigenvalue weighted by Crippen LogP contribution is -2.41. The summed E-state index contributed by atoms with van der Waals surface area (Å²) in [7, 11) is 0. The average molecular weight is 340 g/mol. The molecule has 0 bridgehead atoms. The van der Waals surface area contributed by atoms with Crippen LogP contribution in [-0.4, -0.2) is 29.9 Å². The zero-order valence-electron chi connectivity index (χ0n) is 13.1. The summed E-state index contributed by atoms with van der Waals surface area (Å²) in [6, 6.07) is 14.3. The molecule has 2 amide bonds. The smallest absolute Gasteiger partial charge is 0.244 e. The number of ketones is 1. The van der Waals surface area contributed by atoms with E-state index in [1.165, 1.54) is 23.6 Å². The molecule has 24 heavy (non-hydrogen) atoms. The molecule has 0 aliphatic carbocycles. The van der Waals surface area contributed by atoms with E-state index in [4.69, 9.17) is 0 Å². The van der Waals surface area contributed by atoms with Crippen molar-refractivity contribution in [2.45, 2.75) is 11.8 Å². The molecular weight excluding hydrogens is 324 g/mol. The van der Waals surface area contributed by atoms with E-state index in [0.29, 0.717) is 17.0 Å². The molecule has 1 aliphatic rings. The van der Waals surface area contributed by atoms with Crippen molar-refractivity contribution in [3.8, 4) is 0 Å². The molecule has 0 radical (unpaired) electrons. The molecule has 0 fully saturated rings. The monoisotopic (exact) mass is 340 g/mol. The highest BCUT2D eigenvalue weighted by Crippen LogP contribution is 2.34. The molecule has 2 aromatic rings. The summed E-state index contributed by atoms with van der Waals surface area (Å²) in [5, 5.41) is 2.74. The molecule has 0 atom stereocenters. The Balaban J connectivity index is 1.74. The number of fused-ring (bicyclic) bond motifs is 1. The quantitative estimate of drug-likeness (QED) is 0.869. The highest BCUT2D eigenvalue weighted by molar-refractivity contribution is 8.00. The number of nitrogens with zero attached hydrogens (tertiary/aromatic N) is 1. The fourth-order valence-corrected chi connectivity index (χ4v) is 3.42. The molecule has 0 aromatic heterocycles. The van der Waals surface area contributed by atoms with E-state index < -0.39 is 0 Å². The molecule has 1 heterocycles. The second-order valence-corrected chi connectivity index (χ2v) is 6.44. The third-order valence-electron chi connectivity index (χ3n) is 3.66. The van der Waals surface area contributed by atoms with E-state index in [9.17, 15) is 14.4 Å². The van der Waals surface area contributed by atoms with Crippen molar-refractivity contribution in [3.05, 3.63) is 54.1 Å². The number of hydrogen-bond acceptors (Lipinski definition) is 4. The first-order chi connectivity index (χ1) is 11.5. The summed E-state index contributed by atoms with van der Waals surface area (Å²) < 4.78 is 0. The molecule has 6 heteroatoms. The molecule has 1 N–H and O–H groups in total. The first kappa shape index (κ1) is 16.3. The van der Waals surface area contributed by atoms with Crippen molar-refractivity contribution in [1.29, 1.82) is 0 Å². The Morgan fingerprint density at radius 1 is 1.17 bits per heavy atom. The minimum absolute atomic E-state index is 0.0549. The molecule has 122 valence electrons. The van der Waals surface area contributed by atoms with E-state index in [2.05, 4.69) is 5.32 Å². The van der Waals surface area contributed by atoms with Gasteiger partial charge in [0.05, 0.1) is 11.4 Å². The average Bonchev–Trinajstić information content (AvgIpc) is 2.57. The van der Waals surface area contributed by atoms with E-state index in [1.807, 2.05) is 24.3 Å². The lowest BCUT2D eigenvalue weighted by molar-refractivity contribution is -0.120. The fourth-order valence-electron chi connectivity index (χ4n) is 2.49. The highest BCUT2D eigenvalue weighted by Gasteiger charge is 2.26. The van der Waals surface area contributed by atoms with Crippen molar-refractivity contribution in [3.63, 3.8) is 0 Å². The van der Waals surface area contributed by atoms with Gasteiger partial charge < -0.3 is 10.2 Å². The summed E-state index contributed by atoms with van der Waals surface area (Å²) in [5.74, 6) is -0.134. The lowest BCUT2D eigenvalue weighted by Gasteiger charge is -2.28. The van der Waals surface area contributed by atoms with Gasteiger partial charge in [-0.15, -0.1) is 11.8 Å². The van der Waals surface area contributed by atoms with E-state index in [-0.39, 0.29) is 24.1 Å². The number of para-hydroxylation sites is 1. The van der Waals surface area contributed by atoms with Crippen molar-refractivity contribution in [2.24, 2.45) is 0 Å². The Bertz CT molecular complexity index is 819. The lowest BCUT2D eigenvalue weighted by atomic mass is 10.1. The third-order valence-corrected chi connectivity index (χ3v) is 4.71. The molecular formula is C18H16N2O3S. The van der Waals surface area contributed by atoms with Gasteiger partial charge in [0.15, 0.2) is 5.78 Å². The minimum atomic E-state index is -0.300. The predicted molar refractivity (Wildman–Crippen MR) is 94.6 cm³/mol. The number of nitrogens with one attached hydrogen (secondary N) is 1.